The standard InChI is InChI=1S/C17H13N7.C5H10O/c1-23-11-14(10-19-23)20-17-21-16-15(3-2-8-24(16)22-17)13-6-4-12(9-18)5-7-13;1-2-4-6-5-3-1/h2-8,10-11H,1H3,(H,20,22);1-5H2. The first-order valence-electron chi connectivity index (χ1n) is 9.92. The van der Waals surface area contributed by atoms with Crippen molar-refractivity contribution in [1.29, 1.82) is 5.26 Å². The van der Waals surface area contributed by atoms with Gasteiger partial charge in [-0.1, -0.05) is 12.1 Å². The fourth-order valence-electron chi connectivity index (χ4n) is 3.21. The van der Waals surface area contributed by atoms with Gasteiger partial charge in [0.1, 0.15) is 0 Å². The van der Waals surface area contributed by atoms with Crippen LogP contribution in [0.3, 0.4) is 0 Å². The van der Waals surface area contributed by atoms with Gasteiger partial charge in [-0.05, 0) is 49.1 Å². The molecule has 3 aromatic heterocycles. The van der Waals surface area contributed by atoms with Crippen molar-refractivity contribution in [3.8, 4) is 17.2 Å². The molecule has 1 fully saturated rings. The summed E-state index contributed by atoms with van der Waals surface area (Å²) in [5.74, 6) is 0.504. The van der Waals surface area contributed by atoms with Crippen molar-refractivity contribution in [3.63, 3.8) is 0 Å². The zero-order chi connectivity index (χ0) is 20.8. The minimum absolute atomic E-state index is 0.504. The summed E-state index contributed by atoms with van der Waals surface area (Å²) < 4.78 is 8.51. The van der Waals surface area contributed by atoms with Crippen molar-refractivity contribution in [2.75, 3.05) is 18.5 Å². The van der Waals surface area contributed by atoms with Crippen molar-refractivity contribution >= 4 is 17.3 Å². The van der Waals surface area contributed by atoms with Gasteiger partial charge in [0.15, 0.2) is 5.65 Å². The number of nitrogens with zero attached hydrogens (tertiary/aromatic N) is 6. The lowest BCUT2D eigenvalue weighted by atomic mass is 10.1. The predicted molar refractivity (Wildman–Crippen MR) is 114 cm³/mol. The molecule has 4 aromatic rings. The largest absolute Gasteiger partial charge is 0.381 e. The molecule has 30 heavy (non-hydrogen) atoms. The molecule has 8 heteroatoms. The van der Waals surface area contributed by atoms with Gasteiger partial charge in [0.25, 0.3) is 0 Å². The normalized spacial score (nSPS) is 13.3. The van der Waals surface area contributed by atoms with Crippen LogP contribution in [0.15, 0.2) is 55.0 Å². The molecular weight excluding hydrogens is 378 g/mol. The number of ether oxygens (including phenoxy) is 1. The number of benzene rings is 1. The Balaban J connectivity index is 0.000000313. The van der Waals surface area contributed by atoms with Crippen LogP contribution in [0.2, 0.25) is 0 Å². The molecule has 1 aliphatic heterocycles. The highest BCUT2D eigenvalue weighted by Crippen LogP contribution is 2.25. The molecule has 0 spiro atoms. The number of aryl methyl sites for hydroxylation is 1. The molecule has 1 aliphatic rings. The molecule has 1 N–H and O–H groups in total. The highest BCUT2D eigenvalue weighted by Gasteiger charge is 2.10. The summed E-state index contributed by atoms with van der Waals surface area (Å²) in [5, 5.41) is 20.6. The van der Waals surface area contributed by atoms with Crippen LogP contribution in [0.25, 0.3) is 16.8 Å². The monoisotopic (exact) mass is 401 g/mol. The topological polar surface area (TPSA) is 93.1 Å². The molecule has 4 heterocycles. The number of fused-ring (bicyclic) bond motifs is 1. The maximum absolute atomic E-state index is 8.92. The minimum Gasteiger partial charge on any atom is -0.381 e. The van der Waals surface area contributed by atoms with E-state index in [4.69, 9.17) is 10.00 Å². The first-order chi connectivity index (χ1) is 14.7. The van der Waals surface area contributed by atoms with Crippen LogP contribution in [0.1, 0.15) is 24.8 Å². The number of hydrogen-bond acceptors (Lipinski definition) is 6. The summed E-state index contributed by atoms with van der Waals surface area (Å²) >= 11 is 0. The molecule has 1 aromatic carbocycles. The van der Waals surface area contributed by atoms with E-state index in [1.807, 2.05) is 43.7 Å². The van der Waals surface area contributed by atoms with Gasteiger partial charge >= 0.3 is 0 Å². The molecule has 0 unspecified atom stereocenters. The molecule has 0 radical (unpaired) electrons. The molecule has 0 aliphatic carbocycles. The smallest absolute Gasteiger partial charge is 0.247 e. The third-order valence-corrected chi connectivity index (χ3v) is 4.73. The molecule has 0 bridgehead atoms. The number of anilines is 2. The van der Waals surface area contributed by atoms with E-state index >= 15 is 0 Å². The van der Waals surface area contributed by atoms with Crippen LogP contribution in [0.5, 0.6) is 0 Å². The van der Waals surface area contributed by atoms with Gasteiger partial charge in [0, 0.05) is 38.2 Å². The number of hydrogen-bond donors (Lipinski definition) is 1. The Labute approximate surface area is 174 Å². The zero-order valence-electron chi connectivity index (χ0n) is 16.8. The van der Waals surface area contributed by atoms with Crippen molar-refractivity contribution < 1.29 is 4.74 Å². The van der Waals surface area contributed by atoms with Crippen molar-refractivity contribution in [1.82, 2.24) is 24.4 Å². The molecule has 1 saturated heterocycles. The number of aromatic nitrogens is 5. The lowest BCUT2D eigenvalue weighted by Crippen LogP contribution is -2.03. The number of rotatable bonds is 3. The minimum atomic E-state index is 0.504. The highest BCUT2D eigenvalue weighted by atomic mass is 16.5. The van der Waals surface area contributed by atoms with Gasteiger partial charge in [-0.2, -0.15) is 15.3 Å². The van der Waals surface area contributed by atoms with Crippen molar-refractivity contribution in [2.45, 2.75) is 19.3 Å². The van der Waals surface area contributed by atoms with E-state index in [-0.39, 0.29) is 0 Å². The van der Waals surface area contributed by atoms with Crippen LogP contribution >= 0.6 is 0 Å². The van der Waals surface area contributed by atoms with Gasteiger partial charge in [-0.25, -0.2) is 4.52 Å². The van der Waals surface area contributed by atoms with Crippen LogP contribution in [0.4, 0.5) is 11.6 Å². The lowest BCUT2D eigenvalue weighted by molar-refractivity contribution is 0.0968. The first-order valence-corrected chi connectivity index (χ1v) is 9.92. The molecular formula is C22H23N7O. The second kappa shape index (κ2) is 9.20. The molecule has 8 nitrogen and oxygen atoms in total. The zero-order valence-corrected chi connectivity index (χ0v) is 16.8. The molecule has 5 rings (SSSR count). The average molecular weight is 401 g/mol. The second-order valence-electron chi connectivity index (χ2n) is 7.02. The number of nitrogens with one attached hydrogen (secondary N) is 1. The van der Waals surface area contributed by atoms with Crippen molar-refractivity contribution in [2.24, 2.45) is 7.05 Å². The van der Waals surface area contributed by atoms with Gasteiger partial charge in [-0.15, -0.1) is 5.10 Å². The maximum atomic E-state index is 8.92. The third-order valence-electron chi connectivity index (χ3n) is 4.73. The molecule has 152 valence electrons. The quantitative estimate of drug-likeness (QED) is 0.559. The van der Waals surface area contributed by atoms with Gasteiger partial charge in [0.2, 0.25) is 5.95 Å². The summed E-state index contributed by atoms with van der Waals surface area (Å²) in [6.07, 6.45) is 9.35. The Morgan fingerprint density at radius 3 is 2.50 bits per heavy atom. The summed E-state index contributed by atoms with van der Waals surface area (Å²) in [6.45, 7) is 2.00. The fourth-order valence-corrected chi connectivity index (χ4v) is 3.21. The van der Waals surface area contributed by atoms with Crippen LogP contribution < -0.4 is 5.32 Å². The summed E-state index contributed by atoms with van der Waals surface area (Å²) in [5.41, 5.74) is 4.14. The van der Waals surface area contributed by atoms with Gasteiger partial charge in [0.05, 0.1) is 23.5 Å². The van der Waals surface area contributed by atoms with Crippen LogP contribution in [-0.4, -0.2) is 37.6 Å². The number of nitriles is 1. The Hall–Kier alpha value is -3.70. The summed E-state index contributed by atoms with van der Waals surface area (Å²) in [4.78, 5) is 4.57. The van der Waals surface area contributed by atoms with Crippen LogP contribution in [-0.2, 0) is 11.8 Å². The molecule has 0 amide bonds. The Bertz CT molecular complexity index is 1140. The summed E-state index contributed by atoms with van der Waals surface area (Å²) in [6, 6.07) is 13.4. The average Bonchev–Trinajstić information content (AvgIpc) is 3.40. The van der Waals surface area contributed by atoms with Crippen molar-refractivity contribution in [3.05, 3.63) is 60.6 Å². The predicted octanol–water partition coefficient (Wildman–Crippen LogP) is 3.93. The highest BCUT2D eigenvalue weighted by molar-refractivity contribution is 5.78. The van der Waals surface area contributed by atoms with E-state index in [9.17, 15) is 0 Å². The third kappa shape index (κ3) is 4.64. The first kappa shape index (κ1) is 19.6. The second-order valence-corrected chi connectivity index (χ2v) is 7.02. The van der Waals surface area contributed by atoms with E-state index in [0.717, 1.165) is 35.7 Å². The van der Waals surface area contributed by atoms with E-state index in [1.54, 1.807) is 27.5 Å². The van der Waals surface area contributed by atoms with Gasteiger partial charge < -0.3 is 10.1 Å². The van der Waals surface area contributed by atoms with Crippen LogP contribution in [0, 0.1) is 11.3 Å². The fraction of sp³-hybridized carbons (Fsp3) is 0.273. The lowest BCUT2D eigenvalue weighted by Gasteiger charge is -2.08. The van der Waals surface area contributed by atoms with E-state index < -0.39 is 0 Å². The van der Waals surface area contributed by atoms with Gasteiger partial charge in [-0.3, -0.25) is 4.68 Å². The Morgan fingerprint density at radius 1 is 1.10 bits per heavy atom. The molecule has 0 atom stereocenters. The number of pyridine rings is 1. The molecule has 0 saturated carbocycles. The summed E-state index contributed by atoms with van der Waals surface area (Å²) in [7, 11) is 1.85. The Morgan fingerprint density at radius 2 is 1.90 bits per heavy atom. The van der Waals surface area contributed by atoms with E-state index in [2.05, 4.69) is 26.6 Å². The maximum Gasteiger partial charge on any atom is 0.247 e. The Kier molecular flexibility index (Phi) is 6.01. The SMILES string of the molecule is C1CCOCC1.Cn1cc(Nc2nc3c(-c4ccc(C#N)cc4)cccn3n2)cn1. The van der Waals surface area contributed by atoms with E-state index in [0.29, 0.717) is 11.5 Å². The van der Waals surface area contributed by atoms with E-state index in [1.165, 1.54) is 19.3 Å².